The molecule has 1 aliphatic heterocycles. The third-order valence-electron chi connectivity index (χ3n) is 3.21. The molecule has 0 aromatic carbocycles. The first kappa shape index (κ1) is 8.06. The fraction of sp³-hybridized carbons (Fsp3) is 1.00. The number of likely N-dealkylation sites (tertiary alicyclic amines) is 1. The lowest BCUT2D eigenvalue weighted by atomic mass is 9.79. The van der Waals surface area contributed by atoms with Gasteiger partial charge in [-0.15, -0.1) is 0 Å². The Morgan fingerprint density at radius 1 is 1.60 bits per heavy atom. The topological polar surface area (TPSA) is 3.24 Å². The van der Waals surface area contributed by atoms with Crippen LogP contribution in [0.15, 0.2) is 0 Å². The third kappa shape index (κ3) is 1.20. The quantitative estimate of drug-likeness (QED) is 0.540. The second-order valence-corrected chi connectivity index (χ2v) is 4.11. The molecule has 0 aromatic rings. The van der Waals surface area contributed by atoms with E-state index < -0.39 is 0 Å². The van der Waals surface area contributed by atoms with Crippen molar-refractivity contribution in [3.8, 4) is 0 Å². The van der Waals surface area contributed by atoms with Crippen molar-refractivity contribution in [2.45, 2.75) is 27.2 Å². The Labute approximate surface area is 64.4 Å². The van der Waals surface area contributed by atoms with Gasteiger partial charge in [-0.1, -0.05) is 20.8 Å². The van der Waals surface area contributed by atoms with Crippen LogP contribution in [0.4, 0.5) is 0 Å². The number of rotatable bonds is 1. The van der Waals surface area contributed by atoms with Crippen molar-refractivity contribution in [1.29, 1.82) is 0 Å². The Morgan fingerprint density at radius 3 is 2.40 bits per heavy atom. The number of nitrogens with zero attached hydrogens (tertiary/aromatic N) is 1. The molecule has 1 heterocycles. The summed E-state index contributed by atoms with van der Waals surface area (Å²) in [4.78, 5) is 2.44. The van der Waals surface area contributed by atoms with E-state index in [2.05, 4.69) is 32.7 Å². The van der Waals surface area contributed by atoms with Crippen LogP contribution in [0.2, 0.25) is 0 Å². The van der Waals surface area contributed by atoms with E-state index in [1.807, 2.05) is 0 Å². The molecule has 0 aromatic heterocycles. The van der Waals surface area contributed by atoms with Crippen LogP contribution in [0.3, 0.4) is 0 Å². The Morgan fingerprint density at radius 2 is 2.20 bits per heavy atom. The van der Waals surface area contributed by atoms with Gasteiger partial charge < -0.3 is 4.90 Å². The van der Waals surface area contributed by atoms with E-state index in [0.29, 0.717) is 5.41 Å². The van der Waals surface area contributed by atoms with Crippen LogP contribution >= 0.6 is 0 Å². The summed E-state index contributed by atoms with van der Waals surface area (Å²) in [6.45, 7) is 9.64. The lowest BCUT2D eigenvalue weighted by Gasteiger charge is -2.26. The minimum atomic E-state index is 0.592. The minimum Gasteiger partial charge on any atom is -0.306 e. The summed E-state index contributed by atoms with van der Waals surface area (Å²) < 4.78 is 0. The van der Waals surface area contributed by atoms with E-state index in [9.17, 15) is 0 Å². The largest absolute Gasteiger partial charge is 0.306 e. The molecule has 0 spiro atoms. The molecule has 0 saturated carbocycles. The summed E-state index contributed by atoms with van der Waals surface area (Å²) >= 11 is 0. The van der Waals surface area contributed by atoms with Gasteiger partial charge in [-0.2, -0.15) is 0 Å². The lowest BCUT2D eigenvalue weighted by molar-refractivity contribution is 0.252. The van der Waals surface area contributed by atoms with Gasteiger partial charge >= 0.3 is 0 Å². The van der Waals surface area contributed by atoms with Gasteiger partial charge in [-0.3, -0.25) is 0 Å². The Hall–Kier alpha value is -0.0400. The molecule has 60 valence electrons. The average molecular weight is 141 g/mol. The summed E-state index contributed by atoms with van der Waals surface area (Å²) in [7, 11) is 2.22. The number of hydrogen-bond donors (Lipinski definition) is 0. The molecule has 0 bridgehead atoms. The van der Waals surface area contributed by atoms with Gasteiger partial charge in [0.05, 0.1) is 0 Å². The van der Waals surface area contributed by atoms with Gasteiger partial charge in [0.15, 0.2) is 0 Å². The molecule has 1 nitrogen and oxygen atoms in total. The molecular weight excluding hydrogens is 122 g/mol. The lowest BCUT2D eigenvalue weighted by Crippen LogP contribution is -2.23. The highest BCUT2D eigenvalue weighted by atomic mass is 15.1. The molecule has 1 aliphatic rings. The molecule has 1 heteroatoms. The summed E-state index contributed by atoms with van der Waals surface area (Å²) in [6, 6.07) is 0. The smallest absolute Gasteiger partial charge is 0.00353 e. The molecule has 1 rings (SSSR count). The van der Waals surface area contributed by atoms with Crippen molar-refractivity contribution >= 4 is 0 Å². The van der Waals surface area contributed by atoms with Crippen molar-refractivity contribution in [1.82, 2.24) is 4.90 Å². The van der Waals surface area contributed by atoms with Crippen LogP contribution in [0.5, 0.6) is 0 Å². The fourth-order valence-corrected chi connectivity index (χ4v) is 1.99. The monoisotopic (exact) mass is 141 g/mol. The van der Waals surface area contributed by atoms with Crippen LogP contribution in [0.1, 0.15) is 27.2 Å². The molecule has 2 unspecified atom stereocenters. The summed E-state index contributed by atoms with van der Waals surface area (Å²) in [5.41, 5.74) is 0.592. The van der Waals surface area contributed by atoms with E-state index in [1.165, 1.54) is 19.5 Å². The van der Waals surface area contributed by atoms with Gasteiger partial charge in [0.25, 0.3) is 0 Å². The zero-order valence-electron chi connectivity index (χ0n) is 7.65. The molecule has 0 N–H and O–H groups in total. The summed E-state index contributed by atoms with van der Waals surface area (Å²) in [6.07, 6.45) is 1.32. The van der Waals surface area contributed by atoms with Crippen LogP contribution < -0.4 is 0 Å². The molecule has 0 radical (unpaired) electrons. The highest BCUT2D eigenvalue weighted by molar-refractivity contribution is 4.88. The maximum Gasteiger partial charge on any atom is 0.00353 e. The van der Waals surface area contributed by atoms with Gasteiger partial charge in [0.2, 0.25) is 0 Å². The van der Waals surface area contributed by atoms with Crippen molar-refractivity contribution in [3.63, 3.8) is 0 Å². The minimum absolute atomic E-state index is 0.592. The first-order chi connectivity index (χ1) is 4.58. The van der Waals surface area contributed by atoms with E-state index in [-0.39, 0.29) is 0 Å². The number of hydrogen-bond acceptors (Lipinski definition) is 1. The maximum atomic E-state index is 2.44. The predicted octanol–water partition coefficient (Wildman–Crippen LogP) is 1.98. The summed E-state index contributed by atoms with van der Waals surface area (Å²) in [5.74, 6) is 0.877. The van der Waals surface area contributed by atoms with Gasteiger partial charge in [-0.05, 0) is 24.8 Å². The van der Waals surface area contributed by atoms with Crippen LogP contribution in [-0.2, 0) is 0 Å². The van der Waals surface area contributed by atoms with E-state index >= 15 is 0 Å². The average Bonchev–Trinajstić information content (AvgIpc) is 2.09. The van der Waals surface area contributed by atoms with Crippen LogP contribution in [0.25, 0.3) is 0 Å². The zero-order valence-corrected chi connectivity index (χ0v) is 7.65. The van der Waals surface area contributed by atoms with Crippen LogP contribution in [0, 0.1) is 11.3 Å². The van der Waals surface area contributed by atoms with Crippen LogP contribution in [-0.4, -0.2) is 25.0 Å². The Kier molecular flexibility index (Phi) is 2.04. The van der Waals surface area contributed by atoms with Crippen molar-refractivity contribution in [2.24, 2.45) is 11.3 Å². The van der Waals surface area contributed by atoms with Crippen molar-refractivity contribution < 1.29 is 0 Å². The Bertz CT molecular complexity index is 122. The van der Waals surface area contributed by atoms with Gasteiger partial charge in [-0.25, -0.2) is 0 Å². The van der Waals surface area contributed by atoms with Gasteiger partial charge in [0.1, 0.15) is 0 Å². The van der Waals surface area contributed by atoms with E-state index in [4.69, 9.17) is 0 Å². The highest BCUT2D eigenvalue weighted by Gasteiger charge is 2.36. The molecule has 1 saturated heterocycles. The molecule has 2 atom stereocenters. The SMILES string of the molecule is CCC1(C)CN(C)CC1C. The predicted molar refractivity (Wildman–Crippen MR) is 45.1 cm³/mol. The maximum absolute atomic E-state index is 2.44. The first-order valence-corrected chi connectivity index (χ1v) is 4.27. The fourth-order valence-electron chi connectivity index (χ4n) is 1.99. The molecule has 0 amide bonds. The normalized spacial score (nSPS) is 42.6. The third-order valence-corrected chi connectivity index (χ3v) is 3.21. The second kappa shape index (κ2) is 2.54. The van der Waals surface area contributed by atoms with E-state index in [0.717, 1.165) is 5.92 Å². The first-order valence-electron chi connectivity index (χ1n) is 4.27. The molecule has 10 heavy (non-hydrogen) atoms. The zero-order chi connectivity index (χ0) is 7.78. The van der Waals surface area contributed by atoms with E-state index in [1.54, 1.807) is 0 Å². The second-order valence-electron chi connectivity index (χ2n) is 4.11. The van der Waals surface area contributed by atoms with Crippen molar-refractivity contribution in [3.05, 3.63) is 0 Å². The van der Waals surface area contributed by atoms with Crippen molar-refractivity contribution in [2.75, 3.05) is 20.1 Å². The highest BCUT2D eigenvalue weighted by Crippen LogP contribution is 2.37. The Balaban J connectivity index is 2.61. The summed E-state index contributed by atoms with van der Waals surface area (Å²) in [5, 5.41) is 0. The molecular formula is C9H19N. The molecule has 0 aliphatic carbocycles. The van der Waals surface area contributed by atoms with Gasteiger partial charge in [0, 0.05) is 13.1 Å². The standard InChI is InChI=1S/C9H19N/c1-5-9(3)7-10(4)6-8(9)2/h8H,5-7H2,1-4H3. The molecule has 1 fully saturated rings.